The monoisotopic (exact) mass is 523 g/mol. The van der Waals surface area contributed by atoms with Crippen LogP contribution in [-0.2, 0) is 16.6 Å². The Morgan fingerprint density at radius 2 is 1.82 bits per heavy atom. The third-order valence-corrected chi connectivity index (χ3v) is 6.90. The number of amides is 1. The lowest BCUT2D eigenvalue weighted by Gasteiger charge is -2.34. The number of fused-ring (bicyclic) bond motifs is 1. The van der Waals surface area contributed by atoms with E-state index in [9.17, 15) is 24.3 Å². The first-order chi connectivity index (χ1) is 18.0. The van der Waals surface area contributed by atoms with E-state index in [1.807, 2.05) is 0 Å². The van der Waals surface area contributed by atoms with Crippen molar-refractivity contribution in [1.82, 2.24) is 24.4 Å². The molecule has 0 saturated heterocycles. The fourth-order valence-electron chi connectivity index (χ4n) is 5.17. The van der Waals surface area contributed by atoms with Gasteiger partial charge in [0.05, 0.1) is 29.0 Å². The normalized spacial score (nSPS) is 16.1. The van der Waals surface area contributed by atoms with Crippen molar-refractivity contribution in [3.63, 3.8) is 0 Å². The van der Waals surface area contributed by atoms with Crippen molar-refractivity contribution >= 4 is 23.0 Å². The molecule has 11 heteroatoms. The maximum atomic E-state index is 13.2. The number of carbonyl (C=O) groups excluding carboxylic acids is 1. The first-order valence-corrected chi connectivity index (χ1v) is 12.7. The number of pyridine rings is 2. The lowest BCUT2D eigenvalue weighted by molar-refractivity contribution is -0.140. The van der Waals surface area contributed by atoms with Crippen molar-refractivity contribution in [3.8, 4) is 5.69 Å². The van der Waals surface area contributed by atoms with Gasteiger partial charge in [0.2, 0.25) is 0 Å². The molecule has 3 aromatic heterocycles. The number of nitrogens with zero attached hydrogens (tertiary/aromatic N) is 4. The Kier molecular flexibility index (Phi) is 7.66. The van der Waals surface area contributed by atoms with Crippen LogP contribution in [0.4, 0.5) is 4.79 Å². The summed E-state index contributed by atoms with van der Waals surface area (Å²) in [6.45, 7) is 5.12. The van der Waals surface area contributed by atoms with Crippen LogP contribution < -0.4 is 16.6 Å². The molecule has 1 fully saturated rings. The maximum Gasteiger partial charge on any atom is 0.408 e. The van der Waals surface area contributed by atoms with Gasteiger partial charge in [-0.15, -0.1) is 0 Å². The van der Waals surface area contributed by atoms with E-state index in [4.69, 9.17) is 4.74 Å². The topological polar surface area (TPSA) is 145 Å². The second-order valence-electron chi connectivity index (χ2n) is 10.7. The smallest absolute Gasteiger partial charge is 0.408 e. The van der Waals surface area contributed by atoms with Crippen LogP contribution in [0.25, 0.3) is 16.6 Å². The van der Waals surface area contributed by atoms with Gasteiger partial charge in [-0.3, -0.25) is 19.3 Å². The van der Waals surface area contributed by atoms with E-state index in [2.05, 4.69) is 15.3 Å². The zero-order valence-corrected chi connectivity index (χ0v) is 22.0. The SMILES string of the molecule is Cn1c(=O)n(-c2ccc(C(C3CCCCC3)[C@H](NC(=O)OC(C)(C)C)C(=O)O)nc2)c(=O)c2ccncc21. The molecule has 0 aliphatic heterocycles. The van der Waals surface area contributed by atoms with Gasteiger partial charge in [0.25, 0.3) is 5.56 Å². The van der Waals surface area contributed by atoms with Gasteiger partial charge >= 0.3 is 17.8 Å². The van der Waals surface area contributed by atoms with Gasteiger partial charge in [-0.2, -0.15) is 0 Å². The molecule has 1 aliphatic rings. The standard InChI is InChI=1S/C27H33N5O6/c1-27(2,3)38-25(36)30-22(24(34)35)21(16-8-6-5-7-9-16)19-11-10-17(14-29-19)32-23(33)18-12-13-28-15-20(18)31(4)26(32)37/h10-16,21-22H,5-9H2,1-4H3,(H,30,36)(H,34,35)/t21?,22-/m0/s1. The van der Waals surface area contributed by atoms with Crippen molar-refractivity contribution in [3.05, 3.63) is 63.3 Å². The molecular weight excluding hydrogens is 490 g/mol. The molecule has 1 unspecified atom stereocenters. The molecule has 3 aromatic rings. The minimum atomic E-state index is -1.27. The third-order valence-electron chi connectivity index (χ3n) is 6.90. The molecule has 11 nitrogen and oxygen atoms in total. The van der Waals surface area contributed by atoms with Crippen LogP contribution in [0.15, 0.2) is 46.4 Å². The molecule has 3 heterocycles. The molecule has 0 radical (unpaired) electrons. The van der Waals surface area contributed by atoms with E-state index >= 15 is 0 Å². The summed E-state index contributed by atoms with van der Waals surface area (Å²) < 4.78 is 7.70. The number of hydrogen-bond acceptors (Lipinski definition) is 7. The molecule has 202 valence electrons. The minimum absolute atomic E-state index is 0.0260. The predicted octanol–water partition coefficient (Wildman–Crippen LogP) is 3.12. The number of carboxylic acid groups (broad SMARTS) is 1. The number of aryl methyl sites for hydroxylation is 1. The number of hydrogen-bond donors (Lipinski definition) is 2. The fourth-order valence-corrected chi connectivity index (χ4v) is 5.17. The van der Waals surface area contributed by atoms with Crippen molar-refractivity contribution in [1.29, 1.82) is 0 Å². The van der Waals surface area contributed by atoms with E-state index in [0.717, 1.165) is 36.7 Å². The second-order valence-corrected chi connectivity index (χ2v) is 10.7. The molecule has 38 heavy (non-hydrogen) atoms. The maximum absolute atomic E-state index is 13.2. The fraction of sp³-hybridized carbons (Fsp3) is 0.481. The van der Waals surface area contributed by atoms with Crippen LogP contribution >= 0.6 is 0 Å². The highest BCUT2D eigenvalue weighted by atomic mass is 16.6. The summed E-state index contributed by atoms with van der Waals surface area (Å²) >= 11 is 0. The van der Waals surface area contributed by atoms with Gasteiger partial charge in [0.1, 0.15) is 11.6 Å². The van der Waals surface area contributed by atoms with E-state index in [1.54, 1.807) is 46.0 Å². The molecule has 2 N–H and O–H groups in total. The molecule has 2 atom stereocenters. The van der Waals surface area contributed by atoms with E-state index in [0.29, 0.717) is 16.6 Å². The van der Waals surface area contributed by atoms with Gasteiger partial charge in [0, 0.05) is 24.9 Å². The van der Waals surface area contributed by atoms with Crippen LogP contribution in [0.5, 0.6) is 0 Å². The Hall–Kier alpha value is -4.02. The van der Waals surface area contributed by atoms with E-state index in [-0.39, 0.29) is 11.6 Å². The summed E-state index contributed by atoms with van der Waals surface area (Å²) in [7, 11) is 1.56. The molecule has 1 aliphatic carbocycles. The van der Waals surface area contributed by atoms with Crippen LogP contribution in [0, 0.1) is 5.92 Å². The zero-order valence-electron chi connectivity index (χ0n) is 22.0. The van der Waals surface area contributed by atoms with Gasteiger partial charge in [-0.1, -0.05) is 19.3 Å². The Labute approximate surface area is 219 Å². The van der Waals surface area contributed by atoms with Crippen molar-refractivity contribution in [2.45, 2.75) is 70.4 Å². The highest BCUT2D eigenvalue weighted by Crippen LogP contribution is 2.38. The summed E-state index contributed by atoms with van der Waals surface area (Å²) in [6, 6.07) is 3.49. The Bertz CT molecular complexity index is 1450. The number of carboxylic acids is 1. The number of nitrogens with one attached hydrogen (secondary N) is 1. The molecule has 4 rings (SSSR count). The van der Waals surface area contributed by atoms with Gasteiger partial charge in [-0.05, 0) is 57.7 Å². The average molecular weight is 524 g/mol. The van der Waals surface area contributed by atoms with Crippen LogP contribution in [-0.4, -0.2) is 47.9 Å². The molecule has 0 bridgehead atoms. The minimum Gasteiger partial charge on any atom is -0.480 e. The number of rotatable bonds is 6. The van der Waals surface area contributed by atoms with Gasteiger partial charge < -0.3 is 15.2 Å². The lowest BCUT2D eigenvalue weighted by Crippen LogP contribution is -2.49. The van der Waals surface area contributed by atoms with Crippen LogP contribution in [0.2, 0.25) is 0 Å². The van der Waals surface area contributed by atoms with Crippen LogP contribution in [0.1, 0.15) is 64.5 Å². The quantitative estimate of drug-likeness (QED) is 0.501. The number of alkyl carbamates (subject to hydrolysis) is 1. The molecular formula is C27H33N5O6. The highest BCUT2D eigenvalue weighted by Gasteiger charge is 2.39. The second kappa shape index (κ2) is 10.8. The Morgan fingerprint density at radius 3 is 2.42 bits per heavy atom. The predicted molar refractivity (Wildman–Crippen MR) is 140 cm³/mol. The number of aromatic nitrogens is 4. The summed E-state index contributed by atoms with van der Waals surface area (Å²) in [5.74, 6) is -1.84. The number of ether oxygens (including phenoxy) is 1. The molecule has 0 aromatic carbocycles. The summed E-state index contributed by atoms with van der Waals surface area (Å²) in [4.78, 5) is 59.7. The van der Waals surface area contributed by atoms with Gasteiger partial charge in [0.15, 0.2) is 0 Å². The first kappa shape index (κ1) is 27.0. The number of carbonyl (C=O) groups is 2. The Morgan fingerprint density at radius 1 is 1.11 bits per heavy atom. The highest BCUT2D eigenvalue weighted by molar-refractivity contribution is 5.81. The average Bonchev–Trinajstić information content (AvgIpc) is 2.87. The van der Waals surface area contributed by atoms with Crippen molar-refractivity contribution in [2.75, 3.05) is 0 Å². The first-order valence-electron chi connectivity index (χ1n) is 12.7. The Balaban J connectivity index is 1.75. The molecule has 1 amide bonds. The summed E-state index contributed by atoms with van der Waals surface area (Å²) in [5.41, 5.74) is -0.713. The van der Waals surface area contributed by atoms with E-state index in [1.165, 1.54) is 23.2 Å². The van der Waals surface area contributed by atoms with E-state index < -0.39 is 40.9 Å². The van der Waals surface area contributed by atoms with Crippen molar-refractivity contribution in [2.24, 2.45) is 13.0 Å². The summed E-state index contributed by atoms with van der Waals surface area (Å²) in [5, 5.41) is 13.0. The number of aliphatic carboxylic acids is 1. The summed E-state index contributed by atoms with van der Waals surface area (Å²) in [6.07, 6.45) is 8.09. The molecule has 1 saturated carbocycles. The van der Waals surface area contributed by atoms with Gasteiger partial charge in [-0.25, -0.2) is 19.0 Å². The third kappa shape index (κ3) is 5.61. The van der Waals surface area contributed by atoms with Crippen molar-refractivity contribution < 1.29 is 19.4 Å². The van der Waals surface area contributed by atoms with Crippen LogP contribution in [0.3, 0.4) is 0 Å². The zero-order chi connectivity index (χ0) is 27.6. The largest absolute Gasteiger partial charge is 0.480 e. The molecule has 0 spiro atoms. The lowest BCUT2D eigenvalue weighted by atomic mass is 9.75.